The maximum Gasteiger partial charge on any atom is 0.268 e. The van der Waals surface area contributed by atoms with Gasteiger partial charge in [-0.2, -0.15) is 0 Å². The number of unbranched alkanes of at least 4 members (excludes halogenated alkanes) is 19. The number of carbonyl (C=O) groups excluding carboxylic acids is 1. The molecule has 3 atom stereocenters. The van der Waals surface area contributed by atoms with Crippen molar-refractivity contribution < 1.29 is 32.9 Å². The predicted octanol–water partition coefficient (Wildman–Crippen LogP) is 10.1. The van der Waals surface area contributed by atoms with Crippen LogP contribution in [0.2, 0.25) is 0 Å². The van der Waals surface area contributed by atoms with E-state index in [0.717, 1.165) is 32.1 Å². The fraction of sp³-hybridized carbons (Fsp3) is 0.829. The van der Waals surface area contributed by atoms with Gasteiger partial charge in [-0.25, -0.2) is 0 Å². The highest BCUT2D eigenvalue weighted by molar-refractivity contribution is 7.45. The molecule has 294 valence electrons. The van der Waals surface area contributed by atoms with Gasteiger partial charge >= 0.3 is 0 Å². The Bertz CT molecular complexity index is 917. The first-order chi connectivity index (χ1) is 24.0. The van der Waals surface area contributed by atoms with Gasteiger partial charge in [0.1, 0.15) is 13.2 Å². The van der Waals surface area contributed by atoms with Crippen molar-refractivity contribution >= 4 is 13.7 Å². The predicted molar refractivity (Wildman–Crippen MR) is 210 cm³/mol. The van der Waals surface area contributed by atoms with E-state index in [2.05, 4.69) is 43.5 Å². The van der Waals surface area contributed by atoms with Crippen molar-refractivity contribution in [3.63, 3.8) is 0 Å². The van der Waals surface area contributed by atoms with E-state index >= 15 is 0 Å². The summed E-state index contributed by atoms with van der Waals surface area (Å²) in [5.41, 5.74) is 0. The van der Waals surface area contributed by atoms with Crippen molar-refractivity contribution in [1.82, 2.24) is 5.32 Å². The Balaban J connectivity index is 4.49. The van der Waals surface area contributed by atoms with Gasteiger partial charge in [-0.05, 0) is 51.4 Å². The van der Waals surface area contributed by atoms with Crippen LogP contribution in [0.25, 0.3) is 0 Å². The lowest BCUT2D eigenvalue weighted by Crippen LogP contribution is -2.45. The van der Waals surface area contributed by atoms with E-state index in [1.54, 1.807) is 6.08 Å². The first-order valence-corrected chi connectivity index (χ1v) is 21.8. The molecule has 1 amide bonds. The summed E-state index contributed by atoms with van der Waals surface area (Å²) in [7, 11) is 1.22. The van der Waals surface area contributed by atoms with Gasteiger partial charge in [0, 0.05) is 6.42 Å². The minimum atomic E-state index is -4.59. The van der Waals surface area contributed by atoms with Crippen molar-refractivity contribution in [1.29, 1.82) is 0 Å². The van der Waals surface area contributed by atoms with E-state index in [-0.39, 0.29) is 18.9 Å². The number of phosphoric acid groups is 1. The van der Waals surface area contributed by atoms with Crippen LogP contribution in [0.5, 0.6) is 0 Å². The molecular weight excluding hydrogens is 647 g/mol. The van der Waals surface area contributed by atoms with Crippen LogP contribution in [-0.2, 0) is 18.4 Å². The van der Waals surface area contributed by atoms with Crippen molar-refractivity contribution in [2.24, 2.45) is 0 Å². The number of phosphoric ester groups is 1. The molecular formula is C41H79N2O6P. The summed E-state index contributed by atoms with van der Waals surface area (Å²) in [6.45, 7) is 4.55. The van der Waals surface area contributed by atoms with Crippen molar-refractivity contribution in [2.75, 3.05) is 40.9 Å². The molecule has 3 unspecified atom stereocenters. The highest BCUT2D eigenvalue weighted by Gasteiger charge is 2.23. The lowest BCUT2D eigenvalue weighted by Gasteiger charge is -2.29. The molecule has 50 heavy (non-hydrogen) atoms. The van der Waals surface area contributed by atoms with Crippen LogP contribution in [-0.4, -0.2) is 68.5 Å². The maximum atomic E-state index is 12.7. The normalized spacial score (nSPS) is 14.9. The zero-order chi connectivity index (χ0) is 37.2. The zero-order valence-electron chi connectivity index (χ0n) is 33.1. The number of hydrogen-bond donors (Lipinski definition) is 2. The van der Waals surface area contributed by atoms with Crippen LogP contribution in [0, 0.1) is 0 Å². The number of aliphatic hydroxyl groups excluding tert-OH is 1. The first kappa shape index (κ1) is 48.7. The number of nitrogens with one attached hydrogen (secondary N) is 1. The number of aliphatic hydroxyl groups is 1. The Hall–Kier alpha value is -1.28. The van der Waals surface area contributed by atoms with E-state index in [1.165, 1.54) is 109 Å². The van der Waals surface area contributed by atoms with Gasteiger partial charge in [0.2, 0.25) is 5.91 Å². The molecule has 8 nitrogen and oxygen atoms in total. The van der Waals surface area contributed by atoms with Gasteiger partial charge in [-0.15, -0.1) is 0 Å². The topological polar surface area (TPSA) is 108 Å². The van der Waals surface area contributed by atoms with Crippen LogP contribution in [0.15, 0.2) is 36.5 Å². The summed E-state index contributed by atoms with van der Waals surface area (Å²) in [6, 6.07) is -0.914. The average Bonchev–Trinajstić information content (AvgIpc) is 3.06. The number of likely N-dealkylation sites (N-methyl/N-ethyl adjacent to an activating group) is 1. The van der Waals surface area contributed by atoms with Crippen LogP contribution in [0.3, 0.4) is 0 Å². The Morgan fingerprint density at radius 1 is 0.680 bits per heavy atom. The molecule has 0 aromatic carbocycles. The summed E-state index contributed by atoms with van der Waals surface area (Å²) in [6.07, 6.45) is 39.3. The average molecular weight is 727 g/mol. The summed E-state index contributed by atoms with van der Waals surface area (Å²) < 4.78 is 23.0. The molecule has 0 fully saturated rings. The minimum Gasteiger partial charge on any atom is -0.756 e. The molecule has 0 aliphatic carbocycles. The van der Waals surface area contributed by atoms with Gasteiger partial charge in [0.05, 0.1) is 39.9 Å². The summed E-state index contributed by atoms with van der Waals surface area (Å²) in [5.74, 6) is -0.245. The zero-order valence-corrected chi connectivity index (χ0v) is 34.0. The third-order valence-corrected chi connectivity index (χ3v) is 9.79. The molecule has 0 radical (unpaired) electrons. The molecule has 0 rings (SSSR count). The van der Waals surface area contributed by atoms with Crippen LogP contribution in [0.1, 0.15) is 168 Å². The monoisotopic (exact) mass is 727 g/mol. The Morgan fingerprint density at radius 2 is 1.12 bits per heavy atom. The SMILES string of the molecule is CCCCCC/C=C\CCCC(=O)NC(COP(=O)([O-])OCC[N+](C)(C)C)C(O)/C=C/CC/C=C/CCCCCCCCCCCCCCC. The van der Waals surface area contributed by atoms with E-state index in [9.17, 15) is 19.4 Å². The molecule has 0 aliphatic heterocycles. The summed E-state index contributed by atoms with van der Waals surface area (Å²) in [4.78, 5) is 25.1. The second-order valence-corrected chi connectivity index (χ2v) is 16.4. The number of nitrogens with zero attached hydrogens (tertiary/aromatic N) is 1. The third kappa shape index (κ3) is 35.1. The molecule has 0 bridgehead atoms. The van der Waals surface area contributed by atoms with Gasteiger partial charge in [0.15, 0.2) is 0 Å². The summed E-state index contributed by atoms with van der Waals surface area (Å²) >= 11 is 0. The Kier molecular flexibility index (Phi) is 32.7. The Morgan fingerprint density at radius 3 is 1.64 bits per heavy atom. The molecule has 0 spiro atoms. The largest absolute Gasteiger partial charge is 0.756 e. The molecule has 2 N–H and O–H groups in total. The van der Waals surface area contributed by atoms with Gasteiger partial charge in [0.25, 0.3) is 7.82 Å². The highest BCUT2D eigenvalue weighted by atomic mass is 31.2. The number of amides is 1. The molecule has 0 aromatic rings. The number of carbonyl (C=O) groups is 1. The fourth-order valence-electron chi connectivity index (χ4n) is 5.52. The van der Waals surface area contributed by atoms with E-state index in [0.29, 0.717) is 17.4 Å². The lowest BCUT2D eigenvalue weighted by molar-refractivity contribution is -0.870. The first-order valence-electron chi connectivity index (χ1n) is 20.4. The van der Waals surface area contributed by atoms with E-state index < -0.39 is 26.6 Å². The van der Waals surface area contributed by atoms with Gasteiger partial charge in [-0.1, -0.05) is 147 Å². The van der Waals surface area contributed by atoms with Gasteiger partial charge < -0.3 is 28.8 Å². The molecule has 9 heteroatoms. The van der Waals surface area contributed by atoms with Crippen molar-refractivity contribution in [2.45, 2.75) is 180 Å². The lowest BCUT2D eigenvalue weighted by atomic mass is 10.0. The number of allylic oxidation sites excluding steroid dienone is 5. The van der Waals surface area contributed by atoms with Crippen LogP contribution >= 0.6 is 7.82 Å². The fourth-order valence-corrected chi connectivity index (χ4v) is 6.25. The van der Waals surface area contributed by atoms with E-state index in [4.69, 9.17) is 9.05 Å². The molecule has 0 saturated carbocycles. The second kappa shape index (κ2) is 33.5. The Labute approximate surface area is 308 Å². The molecule has 0 saturated heterocycles. The number of quaternary nitrogens is 1. The van der Waals surface area contributed by atoms with Gasteiger partial charge in [-0.3, -0.25) is 9.36 Å². The van der Waals surface area contributed by atoms with Crippen molar-refractivity contribution in [3.8, 4) is 0 Å². The van der Waals surface area contributed by atoms with E-state index in [1.807, 2.05) is 27.2 Å². The second-order valence-electron chi connectivity index (χ2n) is 15.0. The standard InChI is InChI=1S/C41H79N2O6P/c1-6-8-10-12-14-16-17-18-19-20-21-22-23-24-25-27-28-30-32-34-40(44)39(38-49-50(46,47)48-37-36-43(3,4)5)42-41(45)35-33-31-29-26-15-13-11-9-7-2/h25-27,29,32,34,39-40,44H,6-24,28,30-31,33,35-38H2,1-5H3,(H-,42,45,46,47)/b27-25+,29-26-,34-32+. The minimum absolute atomic E-state index is 0.0112. The number of rotatable bonds is 36. The van der Waals surface area contributed by atoms with Crippen LogP contribution < -0.4 is 10.2 Å². The smallest absolute Gasteiger partial charge is 0.268 e. The molecule has 0 heterocycles. The molecule has 0 aliphatic rings. The van der Waals surface area contributed by atoms with Crippen LogP contribution in [0.4, 0.5) is 0 Å². The van der Waals surface area contributed by atoms with Crippen molar-refractivity contribution in [3.05, 3.63) is 36.5 Å². The molecule has 0 aromatic heterocycles. The summed E-state index contributed by atoms with van der Waals surface area (Å²) in [5, 5.41) is 13.6. The maximum absolute atomic E-state index is 12.7. The quantitative estimate of drug-likeness (QED) is 0.0288. The third-order valence-electron chi connectivity index (χ3n) is 8.82. The number of hydrogen-bond acceptors (Lipinski definition) is 6. The highest BCUT2D eigenvalue weighted by Crippen LogP contribution is 2.38.